The third-order valence-corrected chi connectivity index (χ3v) is 19.5. The normalized spacial score (nSPS) is 18.1. The maximum Gasteiger partial charge on any atom is 0.0789 e. The molecule has 11 aromatic rings. The number of fused-ring (bicyclic) bond motifs is 8. The average Bonchev–Trinajstić information content (AvgIpc) is 4.01. The molecular weight excluding hydrogens is 893 g/mol. The van der Waals surface area contributed by atoms with Gasteiger partial charge in [0.05, 0.1) is 33.1 Å². The Hall–Kier alpha value is -6.64. The average molecular weight is 963 g/mol. The van der Waals surface area contributed by atoms with Gasteiger partial charge in [-0.2, -0.15) is 0 Å². The monoisotopic (exact) mass is 963 g/mol. The van der Waals surface area contributed by atoms with Crippen molar-refractivity contribution in [1.29, 1.82) is 0 Å². The van der Waals surface area contributed by atoms with E-state index in [-0.39, 0.29) is 0 Å². The molecule has 0 atom stereocenters. The highest BCUT2D eigenvalue weighted by Crippen LogP contribution is 2.51. The Morgan fingerprint density at radius 1 is 0.257 bits per heavy atom. The molecule has 0 radical (unpaired) electrons. The number of benzene rings is 8. The van der Waals surface area contributed by atoms with Crippen molar-refractivity contribution < 1.29 is 0 Å². The van der Waals surface area contributed by atoms with Crippen molar-refractivity contribution in [3.05, 3.63) is 180 Å². The van der Waals surface area contributed by atoms with Gasteiger partial charge in [0.15, 0.2) is 0 Å². The number of aromatic nitrogens is 2. The van der Waals surface area contributed by atoms with Gasteiger partial charge in [-0.25, -0.2) is 0 Å². The minimum absolute atomic E-state index is 0.593. The van der Waals surface area contributed by atoms with E-state index in [1.165, 1.54) is 250 Å². The largest absolute Gasteiger partial charge is 0.305 e. The van der Waals surface area contributed by atoms with Crippen molar-refractivity contribution in [1.82, 2.24) is 8.80 Å². The standard InChI is InChI=1S/C72H70N2/c1-5-21-47(22-6-1)53-29-13-15-33-57(53)51-37-41-65-63(45-51)69-61(59-35-19-17-31-55(59)49-25-9-3-10-26-49)39-43-67-71(69)73(65)68-44-40-62(60-36-20-18-32-56(60)50-27-11-4-12-28-50)70-64-46-52(38-42-66(64)74(67)72(68)70)58-34-16-14-30-54(58)48-23-7-2-8-24-48/h13-20,29-50H,1-12,21-28H2. The first-order valence-electron chi connectivity index (χ1n) is 29.4. The highest BCUT2D eigenvalue weighted by molar-refractivity contribution is 6.27. The Kier molecular flexibility index (Phi) is 11.3. The van der Waals surface area contributed by atoms with Gasteiger partial charge in [-0.3, -0.25) is 0 Å². The number of rotatable bonds is 8. The summed E-state index contributed by atoms with van der Waals surface area (Å²) in [6.07, 6.45) is 26.4. The first-order chi connectivity index (χ1) is 36.8. The van der Waals surface area contributed by atoms with Gasteiger partial charge in [-0.1, -0.05) is 198 Å². The third-order valence-electron chi connectivity index (χ3n) is 19.5. The summed E-state index contributed by atoms with van der Waals surface area (Å²) in [6, 6.07) is 63.1. The van der Waals surface area contributed by atoms with Crippen molar-refractivity contribution >= 4 is 54.6 Å². The van der Waals surface area contributed by atoms with E-state index in [0.29, 0.717) is 23.7 Å². The molecular formula is C72H70N2. The molecule has 8 aromatic carbocycles. The van der Waals surface area contributed by atoms with Gasteiger partial charge in [-0.15, -0.1) is 0 Å². The SMILES string of the molecule is c1ccc(C2CCCCC2)c(-c2ccc3c(c2)c2c(-c4ccccc4C4CCCCC4)ccc4c2n3c2ccc(-c3ccccc3C3CCCCC3)c3c5cc(-c6ccccc6C6CCCCC6)ccc5n4c32)c1. The number of nitrogens with zero attached hydrogens (tertiary/aromatic N) is 2. The zero-order valence-corrected chi connectivity index (χ0v) is 43.4. The highest BCUT2D eigenvalue weighted by atomic mass is 15.0. The van der Waals surface area contributed by atoms with E-state index < -0.39 is 0 Å². The summed E-state index contributed by atoms with van der Waals surface area (Å²) in [5.41, 5.74) is 25.1. The minimum Gasteiger partial charge on any atom is -0.305 e. The van der Waals surface area contributed by atoms with Crippen LogP contribution < -0.4 is 0 Å². The van der Waals surface area contributed by atoms with Crippen LogP contribution in [0.4, 0.5) is 0 Å². The minimum atomic E-state index is 0.593. The van der Waals surface area contributed by atoms with Crippen molar-refractivity contribution in [3.63, 3.8) is 0 Å². The van der Waals surface area contributed by atoms with Crippen molar-refractivity contribution in [2.24, 2.45) is 0 Å². The van der Waals surface area contributed by atoms with Gasteiger partial charge in [0.2, 0.25) is 0 Å². The zero-order valence-electron chi connectivity index (χ0n) is 43.4. The van der Waals surface area contributed by atoms with Gasteiger partial charge in [0.25, 0.3) is 0 Å². The van der Waals surface area contributed by atoms with Crippen molar-refractivity contribution in [2.45, 2.75) is 152 Å². The molecule has 4 aliphatic carbocycles. The molecule has 4 aliphatic rings. The quantitative estimate of drug-likeness (QED) is 0.134. The smallest absolute Gasteiger partial charge is 0.0789 e. The van der Waals surface area contributed by atoms with E-state index in [1.807, 2.05) is 0 Å². The molecule has 4 saturated carbocycles. The fraction of sp³-hybridized carbons (Fsp3) is 0.333. The lowest BCUT2D eigenvalue weighted by Crippen LogP contribution is -2.06. The molecule has 74 heavy (non-hydrogen) atoms. The van der Waals surface area contributed by atoms with Crippen LogP contribution in [0.3, 0.4) is 0 Å². The van der Waals surface area contributed by atoms with Crippen LogP contribution in [0.1, 0.15) is 174 Å². The summed E-state index contributed by atoms with van der Waals surface area (Å²) in [4.78, 5) is 0. The lowest BCUT2D eigenvalue weighted by atomic mass is 9.80. The van der Waals surface area contributed by atoms with Crippen LogP contribution in [0.5, 0.6) is 0 Å². The second kappa shape index (κ2) is 18.6. The first-order valence-corrected chi connectivity index (χ1v) is 29.4. The van der Waals surface area contributed by atoms with E-state index in [9.17, 15) is 0 Å². The predicted molar refractivity (Wildman–Crippen MR) is 315 cm³/mol. The van der Waals surface area contributed by atoms with Crippen molar-refractivity contribution in [3.8, 4) is 44.5 Å². The number of hydrogen-bond acceptors (Lipinski definition) is 0. The molecule has 15 rings (SSSR count). The molecule has 0 spiro atoms. The predicted octanol–water partition coefficient (Wildman–Crippen LogP) is 21.1. The molecule has 2 nitrogen and oxygen atoms in total. The van der Waals surface area contributed by atoms with Gasteiger partial charge >= 0.3 is 0 Å². The van der Waals surface area contributed by atoms with E-state index in [1.54, 1.807) is 0 Å². The van der Waals surface area contributed by atoms with Crippen LogP contribution in [0.15, 0.2) is 158 Å². The molecule has 0 saturated heterocycles. The Labute approximate surface area is 437 Å². The Morgan fingerprint density at radius 2 is 0.554 bits per heavy atom. The summed E-state index contributed by atoms with van der Waals surface area (Å²) in [7, 11) is 0. The van der Waals surface area contributed by atoms with Crippen molar-refractivity contribution in [2.75, 3.05) is 0 Å². The molecule has 0 N–H and O–H groups in total. The summed E-state index contributed by atoms with van der Waals surface area (Å²) < 4.78 is 5.42. The Bertz CT molecular complexity index is 3630. The topological polar surface area (TPSA) is 8.82 Å². The molecule has 0 unspecified atom stereocenters. The lowest BCUT2D eigenvalue weighted by Gasteiger charge is -2.25. The van der Waals surface area contributed by atoms with Crippen LogP contribution in [-0.2, 0) is 0 Å². The van der Waals surface area contributed by atoms with Crippen LogP contribution >= 0.6 is 0 Å². The molecule has 0 aliphatic heterocycles. The third kappa shape index (κ3) is 7.24. The maximum absolute atomic E-state index is 2.71. The molecule has 3 aromatic heterocycles. The van der Waals surface area contributed by atoms with E-state index >= 15 is 0 Å². The zero-order chi connectivity index (χ0) is 48.7. The van der Waals surface area contributed by atoms with Gasteiger partial charge < -0.3 is 8.80 Å². The van der Waals surface area contributed by atoms with Gasteiger partial charge in [0.1, 0.15) is 0 Å². The molecule has 0 bridgehead atoms. The summed E-state index contributed by atoms with van der Waals surface area (Å²) in [5.74, 6) is 2.43. The molecule has 4 fully saturated rings. The highest BCUT2D eigenvalue weighted by Gasteiger charge is 2.30. The molecule has 3 heterocycles. The summed E-state index contributed by atoms with van der Waals surface area (Å²) >= 11 is 0. The maximum atomic E-state index is 2.71. The van der Waals surface area contributed by atoms with Crippen LogP contribution in [-0.4, -0.2) is 8.80 Å². The fourth-order valence-electron chi connectivity index (χ4n) is 16.0. The summed E-state index contributed by atoms with van der Waals surface area (Å²) in [5, 5.41) is 5.51. The van der Waals surface area contributed by atoms with E-state index in [4.69, 9.17) is 0 Å². The lowest BCUT2D eigenvalue weighted by molar-refractivity contribution is 0.444. The van der Waals surface area contributed by atoms with Crippen LogP contribution in [0.2, 0.25) is 0 Å². The molecule has 2 heteroatoms. The van der Waals surface area contributed by atoms with Gasteiger partial charge in [-0.05, 0) is 178 Å². The van der Waals surface area contributed by atoms with Gasteiger partial charge in [0, 0.05) is 21.5 Å². The second-order valence-corrected chi connectivity index (χ2v) is 23.5. The molecule has 0 amide bonds. The Morgan fingerprint density at radius 3 is 0.905 bits per heavy atom. The second-order valence-electron chi connectivity index (χ2n) is 23.5. The van der Waals surface area contributed by atoms with E-state index in [0.717, 1.165) is 0 Å². The molecule has 368 valence electrons. The summed E-state index contributed by atoms with van der Waals surface area (Å²) in [6.45, 7) is 0. The van der Waals surface area contributed by atoms with Crippen LogP contribution in [0, 0.1) is 0 Å². The first kappa shape index (κ1) is 44.8. The van der Waals surface area contributed by atoms with E-state index in [2.05, 4.69) is 167 Å². The fourth-order valence-corrected chi connectivity index (χ4v) is 16.0. The number of hydrogen-bond donors (Lipinski definition) is 0. The Balaban J connectivity index is 1.05. The van der Waals surface area contributed by atoms with Crippen LogP contribution in [0.25, 0.3) is 99.2 Å².